The maximum absolute atomic E-state index is 11.4. The number of rotatable bonds is 2. The van der Waals surface area contributed by atoms with Gasteiger partial charge >= 0.3 is 5.97 Å². The van der Waals surface area contributed by atoms with Gasteiger partial charge in [-0.25, -0.2) is 4.79 Å². The summed E-state index contributed by atoms with van der Waals surface area (Å²) in [5, 5.41) is 0. The molecule has 0 aliphatic carbocycles. The highest BCUT2D eigenvalue weighted by atomic mass is 35.5. The van der Waals surface area contributed by atoms with Crippen molar-refractivity contribution in [2.75, 3.05) is 13.7 Å². The number of nitrogens with zero attached hydrogens (tertiary/aromatic N) is 1. The standard InChI is InChI=1S/C8H11Cl2NO3/c1-14-8(13)5-3-2-4-11(5)7(12)6(9)10/h5-6H,2-4H2,1H3. The van der Waals surface area contributed by atoms with Gasteiger partial charge in [0.05, 0.1) is 7.11 Å². The monoisotopic (exact) mass is 239 g/mol. The number of halogens is 2. The highest BCUT2D eigenvalue weighted by molar-refractivity contribution is 6.53. The Morgan fingerprint density at radius 2 is 2.14 bits per heavy atom. The molecule has 0 bridgehead atoms. The third-order valence-corrected chi connectivity index (χ3v) is 2.57. The van der Waals surface area contributed by atoms with E-state index in [-0.39, 0.29) is 0 Å². The normalized spacial score (nSPS) is 21.4. The first kappa shape index (κ1) is 11.6. The minimum absolute atomic E-state index is 0.412. The van der Waals surface area contributed by atoms with E-state index >= 15 is 0 Å². The van der Waals surface area contributed by atoms with E-state index in [4.69, 9.17) is 23.2 Å². The number of amides is 1. The molecule has 0 spiro atoms. The quantitative estimate of drug-likeness (QED) is 0.533. The van der Waals surface area contributed by atoms with Crippen molar-refractivity contribution in [3.8, 4) is 0 Å². The molecule has 1 amide bonds. The summed E-state index contributed by atoms with van der Waals surface area (Å²) in [6, 6.07) is -0.521. The molecule has 1 rings (SSSR count). The minimum atomic E-state index is -1.11. The lowest BCUT2D eigenvalue weighted by Crippen LogP contribution is -2.43. The van der Waals surface area contributed by atoms with Crippen LogP contribution in [0.4, 0.5) is 0 Å². The summed E-state index contributed by atoms with van der Waals surface area (Å²) in [4.78, 5) is 22.9. The lowest BCUT2D eigenvalue weighted by Gasteiger charge is -2.22. The number of hydrogen-bond acceptors (Lipinski definition) is 3. The van der Waals surface area contributed by atoms with Crippen LogP contribution in [0.5, 0.6) is 0 Å². The van der Waals surface area contributed by atoms with Gasteiger partial charge in [0.15, 0.2) is 4.84 Å². The number of esters is 1. The average molecular weight is 240 g/mol. The van der Waals surface area contributed by atoms with Crippen molar-refractivity contribution in [3.05, 3.63) is 0 Å². The van der Waals surface area contributed by atoms with Gasteiger partial charge in [0, 0.05) is 6.54 Å². The molecule has 0 aromatic carbocycles. The van der Waals surface area contributed by atoms with Crippen LogP contribution in [0, 0.1) is 0 Å². The number of carbonyl (C=O) groups is 2. The van der Waals surface area contributed by atoms with Crippen LogP contribution in [0.2, 0.25) is 0 Å². The van der Waals surface area contributed by atoms with Crippen LogP contribution in [0.1, 0.15) is 12.8 Å². The lowest BCUT2D eigenvalue weighted by molar-refractivity contribution is -0.150. The summed E-state index contributed by atoms with van der Waals surface area (Å²) in [7, 11) is 1.29. The molecule has 1 heterocycles. The van der Waals surface area contributed by atoms with Gasteiger partial charge in [0.2, 0.25) is 0 Å². The van der Waals surface area contributed by atoms with Gasteiger partial charge < -0.3 is 9.64 Å². The number of alkyl halides is 2. The zero-order valence-corrected chi connectivity index (χ0v) is 9.22. The molecular weight excluding hydrogens is 229 g/mol. The smallest absolute Gasteiger partial charge is 0.328 e. The molecule has 1 atom stereocenters. The Kier molecular flexibility index (Phi) is 4.01. The highest BCUT2D eigenvalue weighted by Gasteiger charge is 2.36. The SMILES string of the molecule is COC(=O)C1CCCN1C(=O)C(Cl)Cl. The van der Waals surface area contributed by atoms with E-state index in [1.807, 2.05) is 0 Å². The third kappa shape index (κ3) is 2.30. The van der Waals surface area contributed by atoms with E-state index in [9.17, 15) is 9.59 Å². The maximum Gasteiger partial charge on any atom is 0.328 e. The average Bonchev–Trinajstić information content (AvgIpc) is 2.63. The van der Waals surface area contributed by atoms with Crippen molar-refractivity contribution >= 4 is 35.1 Å². The molecule has 1 saturated heterocycles. The van der Waals surface area contributed by atoms with Crippen LogP contribution in [-0.4, -0.2) is 41.3 Å². The van der Waals surface area contributed by atoms with E-state index in [1.54, 1.807) is 0 Å². The van der Waals surface area contributed by atoms with E-state index in [0.29, 0.717) is 13.0 Å². The van der Waals surface area contributed by atoms with Gasteiger partial charge in [-0.1, -0.05) is 23.2 Å². The predicted molar refractivity (Wildman–Crippen MR) is 52.2 cm³/mol. The first-order valence-corrected chi connectivity index (χ1v) is 5.11. The van der Waals surface area contributed by atoms with Gasteiger partial charge in [-0.3, -0.25) is 4.79 Å². The summed E-state index contributed by atoms with van der Waals surface area (Å²) in [5.74, 6) is -0.842. The molecule has 1 aliphatic rings. The molecule has 0 N–H and O–H groups in total. The molecule has 0 saturated carbocycles. The van der Waals surface area contributed by atoms with E-state index in [0.717, 1.165) is 6.42 Å². The van der Waals surface area contributed by atoms with Crippen LogP contribution >= 0.6 is 23.2 Å². The molecule has 14 heavy (non-hydrogen) atoms. The second-order valence-electron chi connectivity index (χ2n) is 3.01. The fraction of sp³-hybridized carbons (Fsp3) is 0.750. The highest BCUT2D eigenvalue weighted by Crippen LogP contribution is 2.21. The predicted octanol–water partition coefficient (Wildman–Crippen LogP) is 0.954. The fourth-order valence-corrected chi connectivity index (χ4v) is 1.79. The second kappa shape index (κ2) is 4.84. The van der Waals surface area contributed by atoms with E-state index in [1.165, 1.54) is 12.0 Å². The van der Waals surface area contributed by atoms with Gasteiger partial charge in [-0.2, -0.15) is 0 Å². The van der Waals surface area contributed by atoms with Gasteiger partial charge in [0.1, 0.15) is 6.04 Å². The topological polar surface area (TPSA) is 46.6 Å². The summed E-state index contributed by atoms with van der Waals surface area (Å²) in [6.45, 7) is 0.508. The molecule has 4 nitrogen and oxygen atoms in total. The Morgan fingerprint density at radius 1 is 1.50 bits per heavy atom. The van der Waals surface area contributed by atoms with Crippen LogP contribution in [0.3, 0.4) is 0 Å². The summed E-state index contributed by atoms with van der Waals surface area (Å²) in [6.07, 6.45) is 1.38. The van der Waals surface area contributed by atoms with Crippen molar-refractivity contribution in [2.24, 2.45) is 0 Å². The molecule has 0 aromatic rings. The molecule has 1 unspecified atom stereocenters. The molecule has 6 heteroatoms. The number of carbonyl (C=O) groups excluding carboxylic acids is 2. The molecular formula is C8H11Cl2NO3. The fourth-order valence-electron chi connectivity index (χ4n) is 1.54. The van der Waals surface area contributed by atoms with Crippen molar-refractivity contribution in [1.82, 2.24) is 4.90 Å². The Labute approximate surface area is 92.1 Å². The summed E-state index contributed by atoms with van der Waals surface area (Å²) in [5.41, 5.74) is 0. The van der Waals surface area contributed by atoms with Crippen molar-refractivity contribution in [1.29, 1.82) is 0 Å². The van der Waals surface area contributed by atoms with Gasteiger partial charge in [-0.05, 0) is 12.8 Å². The zero-order chi connectivity index (χ0) is 10.7. The summed E-state index contributed by atoms with van der Waals surface area (Å²) < 4.78 is 4.58. The van der Waals surface area contributed by atoms with Crippen LogP contribution in [0.15, 0.2) is 0 Å². The first-order valence-electron chi connectivity index (χ1n) is 4.24. The first-order chi connectivity index (χ1) is 6.57. The third-order valence-electron chi connectivity index (χ3n) is 2.20. The Bertz CT molecular complexity index is 245. The molecule has 0 aromatic heterocycles. The van der Waals surface area contributed by atoms with Crippen LogP contribution in [-0.2, 0) is 14.3 Å². The second-order valence-corrected chi connectivity index (χ2v) is 4.11. The molecule has 0 radical (unpaired) electrons. The van der Waals surface area contributed by atoms with Crippen LogP contribution in [0.25, 0.3) is 0 Å². The van der Waals surface area contributed by atoms with Gasteiger partial charge in [-0.15, -0.1) is 0 Å². The Morgan fingerprint density at radius 3 is 2.64 bits per heavy atom. The van der Waals surface area contributed by atoms with Crippen molar-refractivity contribution < 1.29 is 14.3 Å². The maximum atomic E-state index is 11.4. The largest absolute Gasteiger partial charge is 0.467 e. The van der Waals surface area contributed by atoms with Crippen molar-refractivity contribution in [2.45, 2.75) is 23.7 Å². The van der Waals surface area contributed by atoms with E-state index < -0.39 is 22.8 Å². The number of methoxy groups -OCH3 is 1. The number of hydrogen-bond donors (Lipinski definition) is 0. The number of ether oxygens (including phenoxy) is 1. The minimum Gasteiger partial charge on any atom is -0.467 e. The Hall–Kier alpha value is -0.480. The number of likely N-dealkylation sites (tertiary alicyclic amines) is 1. The molecule has 1 aliphatic heterocycles. The lowest BCUT2D eigenvalue weighted by atomic mass is 10.2. The van der Waals surface area contributed by atoms with Crippen molar-refractivity contribution in [3.63, 3.8) is 0 Å². The van der Waals surface area contributed by atoms with Crippen LogP contribution < -0.4 is 0 Å². The zero-order valence-electron chi connectivity index (χ0n) is 7.70. The van der Waals surface area contributed by atoms with E-state index in [2.05, 4.69) is 4.74 Å². The summed E-state index contributed by atoms with van der Waals surface area (Å²) >= 11 is 10.9. The van der Waals surface area contributed by atoms with Gasteiger partial charge in [0.25, 0.3) is 5.91 Å². The Balaban J connectivity index is 2.68. The molecule has 80 valence electrons. The molecule has 1 fully saturated rings.